The molecule has 0 saturated carbocycles. The Balaban J connectivity index is 1.72. The van der Waals surface area contributed by atoms with Gasteiger partial charge in [0.2, 0.25) is 0 Å². The summed E-state index contributed by atoms with van der Waals surface area (Å²) in [5.41, 5.74) is 0.493. The molecule has 0 N–H and O–H groups in total. The van der Waals surface area contributed by atoms with Gasteiger partial charge in [-0.25, -0.2) is 0 Å². The van der Waals surface area contributed by atoms with Crippen LogP contribution in [0.5, 0.6) is 5.75 Å². The van der Waals surface area contributed by atoms with Crippen LogP contribution in [-0.4, -0.2) is 60.0 Å². The maximum Gasteiger partial charge on any atom is 0.272 e. The maximum atomic E-state index is 12.8. The van der Waals surface area contributed by atoms with Gasteiger partial charge < -0.3 is 14.5 Å². The molecule has 2 saturated heterocycles. The molecule has 0 aromatic carbocycles. The quantitative estimate of drug-likeness (QED) is 0.855. The molecule has 1 atom stereocenters. The minimum Gasteiger partial charge on any atom is -0.497 e. The van der Waals surface area contributed by atoms with Crippen molar-refractivity contribution in [1.82, 2.24) is 14.8 Å². The number of ether oxygens (including phenoxy) is 1. The Bertz CT molecular complexity index is 514. The normalized spacial score (nSPS) is 22.8. The number of carbonyl (C=O) groups is 1. The molecule has 1 aromatic rings. The van der Waals surface area contributed by atoms with E-state index < -0.39 is 0 Å². The highest BCUT2D eigenvalue weighted by Gasteiger charge is 2.30. The highest BCUT2D eigenvalue weighted by Crippen LogP contribution is 2.22. The summed E-state index contributed by atoms with van der Waals surface area (Å²) in [4.78, 5) is 21.6. The van der Waals surface area contributed by atoms with Gasteiger partial charge in [-0.2, -0.15) is 0 Å². The number of likely N-dealkylation sites (tertiary alicyclic amines) is 2. The van der Waals surface area contributed by atoms with E-state index in [9.17, 15) is 4.79 Å². The lowest BCUT2D eigenvalue weighted by Gasteiger charge is -2.37. The van der Waals surface area contributed by atoms with Crippen molar-refractivity contribution < 1.29 is 9.53 Å². The average molecular weight is 303 g/mol. The molecule has 3 rings (SSSR count). The summed E-state index contributed by atoms with van der Waals surface area (Å²) in [6.07, 6.45) is 7.63. The SMILES string of the molecule is COc1ccnc(C(=O)N2CCCC[C@H]2CN2CCCC2)c1. The van der Waals surface area contributed by atoms with Gasteiger partial charge in [0.25, 0.3) is 5.91 Å². The van der Waals surface area contributed by atoms with Crippen LogP contribution in [0.3, 0.4) is 0 Å². The van der Waals surface area contributed by atoms with E-state index in [0.717, 1.165) is 25.9 Å². The predicted octanol–water partition coefficient (Wildman–Crippen LogP) is 2.18. The molecule has 1 amide bonds. The summed E-state index contributed by atoms with van der Waals surface area (Å²) in [5.74, 6) is 0.731. The number of amides is 1. The Hall–Kier alpha value is -1.62. The van der Waals surface area contributed by atoms with Gasteiger partial charge in [-0.15, -0.1) is 0 Å². The Morgan fingerprint density at radius 3 is 2.82 bits per heavy atom. The highest BCUT2D eigenvalue weighted by atomic mass is 16.5. The van der Waals surface area contributed by atoms with Crippen molar-refractivity contribution in [2.45, 2.75) is 38.1 Å². The number of carbonyl (C=O) groups excluding carboxylic acids is 1. The van der Waals surface area contributed by atoms with Crippen molar-refractivity contribution in [2.75, 3.05) is 33.3 Å². The number of hydrogen-bond donors (Lipinski definition) is 0. The molecular weight excluding hydrogens is 278 g/mol. The molecule has 2 fully saturated rings. The molecule has 22 heavy (non-hydrogen) atoms. The molecule has 120 valence electrons. The Morgan fingerprint density at radius 2 is 2.05 bits per heavy atom. The molecule has 5 nitrogen and oxygen atoms in total. The minimum atomic E-state index is 0.0443. The number of hydrogen-bond acceptors (Lipinski definition) is 4. The summed E-state index contributed by atoms with van der Waals surface area (Å²) in [5, 5.41) is 0. The van der Waals surface area contributed by atoms with E-state index in [4.69, 9.17) is 4.74 Å². The van der Waals surface area contributed by atoms with Gasteiger partial charge >= 0.3 is 0 Å². The van der Waals surface area contributed by atoms with E-state index in [2.05, 4.69) is 9.88 Å². The third-order valence-corrected chi connectivity index (χ3v) is 4.74. The number of nitrogens with zero attached hydrogens (tertiary/aromatic N) is 3. The van der Waals surface area contributed by atoms with E-state index in [0.29, 0.717) is 17.5 Å². The van der Waals surface area contributed by atoms with Crippen LogP contribution in [0.15, 0.2) is 18.3 Å². The zero-order chi connectivity index (χ0) is 15.4. The van der Waals surface area contributed by atoms with Crippen molar-refractivity contribution in [3.63, 3.8) is 0 Å². The van der Waals surface area contributed by atoms with Crippen LogP contribution in [0, 0.1) is 0 Å². The van der Waals surface area contributed by atoms with Crippen LogP contribution < -0.4 is 4.74 Å². The van der Waals surface area contributed by atoms with E-state index >= 15 is 0 Å². The predicted molar refractivity (Wildman–Crippen MR) is 85.1 cm³/mol. The first kappa shape index (κ1) is 15.3. The van der Waals surface area contributed by atoms with Crippen molar-refractivity contribution >= 4 is 5.91 Å². The lowest BCUT2D eigenvalue weighted by molar-refractivity contribution is 0.0554. The van der Waals surface area contributed by atoms with E-state index in [1.807, 2.05) is 4.90 Å². The molecule has 0 radical (unpaired) electrons. The van der Waals surface area contributed by atoms with Crippen LogP contribution in [0.2, 0.25) is 0 Å². The number of methoxy groups -OCH3 is 1. The molecular formula is C17H25N3O2. The number of aromatic nitrogens is 1. The van der Waals surface area contributed by atoms with E-state index in [-0.39, 0.29) is 5.91 Å². The summed E-state index contributed by atoms with van der Waals surface area (Å²) >= 11 is 0. The van der Waals surface area contributed by atoms with Crippen LogP contribution in [0.1, 0.15) is 42.6 Å². The summed E-state index contributed by atoms with van der Waals surface area (Å²) in [6, 6.07) is 3.84. The summed E-state index contributed by atoms with van der Waals surface area (Å²) in [6.45, 7) is 4.21. The lowest BCUT2D eigenvalue weighted by atomic mass is 10.0. The third kappa shape index (κ3) is 3.40. The van der Waals surface area contributed by atoms with Crippen molar-refractivity contribution in [2.24, 2.45) is 0 Å². The first-order valence-electron chi connectivity index (χ1n) is 8.31. The Labute approximate surface area is 132 Å². The number of pyridine rings is 1. The van der Waals surface area contributed by atoms with Crippen molar-refractivity contribution in [3.8, 4) is 5.75 Å². The van der Waals surface area contributed by atoms with Crippen LogP contribution in [0.4, 0.5) is 0 Å². The average Bonchev–Trinajstić information content (AvgIpc) is 3.08. The maximum absolute atomic E-state index is 12.8. The molecule has 5 heteroatoms. The van der Waals surface area contributed by atoms with Crippen LogP contribution in [-0.2, 0) is 0 Å². The fourth-order valence-corrected chi connectivity index (χ4v) is 3.52. The van der Waals surface area contributed by atoms with Gasteiger partial charge in [-0.05, 0) is 51.3 Å². The second kappa shape index (κ2) is 7.09. The van der Waals surface area contributed by atoms with Gasteiger partial charge in [-0.3, -0.25) is 9.78 Å². The van der Waals surface area contributed by atoms with Gasteiger partial charge in [0.05, 0.1) is 7.11 Å². The summed E-state index contributed by atoms with van der Waals surface area (Å²) < 4.78 is 5.21. The fraction of sp³-hybridized carbons (Fsp3) is 0.647. The highest BCUT2D eigenvalue weighted by molar-refractivity contribution is 5.93. The largest absolute Gasteiger partial charge is 0.497 e. The van der Waals surface area contributed by atoms with E-state index in [1.54, 1.807) is 25.4 Å². The number of rotatable bonds is 4. The molecule has 0 unspecified atom stereocenters. The smallest absolute Gasteiger partial charge is 0.272 e. The molecule has 2 aliphatic heterocycles. The van der Waals surface area contributed by atoms with Gasteiger partial charge in [0.1, 0.15) is 11.4 Å². The second-order valence-corrected chi connectivity index (χ2v) is 6.24. The molecule has 0 aliphatic carbocycles. The van der Waals surface area contributed by atoms with E-state index in [1.165, 1.54) is 32.4 Å². The first-order chi connectivity index (χ1) is 10.8. The third-order valence-electron chi connectivity index (χ3n) is 4.74. The standard InChI is InChI=1S/C17H25N3O2/c1-22-15-7-8-18-16(12-15)17(21)20-11-3-2-6-14(20)13-19-9-4-5-10-19/h7-8,12,14H,2-6,9-11,13H2,1H3/t14-/m0/s1. The zero-order valence-corrected chi connectivity index (χ0v) is 13.3. The Kier molecular flexibility index (Phi) is 4.93. The second-order valence-electron chi connectivity index (χ2n) is 6.24. The van der Waals surface area contributed by atoms with Crippen molar-refractivity contribution in [3.05, 3.63) is 24.0 Å². The molecule has 3 heterocycles. The van der Waals surface area contributed by atoms with Crippen LogP contribution in [0.25, 0.3) is 0 Å². The molecule has 0 spiro atoms. The number of piperidine rings is 1. The van der Waals surface area contributed by atoms with Crippen LogP contribution >= 0.6 is 0 Å². The van der Waals surface area contributed by atoms with Gasteiger partial charge in [0, 0.05) is 31.4 Å². The fourth-order valence-electron chi connectivity index (χ4n) is 3.52. The molecule has 1 aromatic heterocycles. The topological polar surface area (TPSA) is 45.7 Å². The first-order valence-corrected chi connectivity index (χ1v) is 8.31. The van der Waals surface area contributed by atoms with Gasteiger partial charge in [0.15, 0.2) is 0 Å². The monoisotopic (exact) mass is 303 g/mol. The zero-order valence-electron chi connectivity index (χ0n) is 13.3. The molecule has 2 aliphatic rings. The Morgan fingerprint density at radius 1 is 1.27 bits per heavy atom. The minimum absolute atomic E-state index is 0.0443. The summed E-state index contributed by atoms with van der Waals surface area (Å²) in [7, 11) is 1.61. The van der Waals surface area contributed by atoms with Crippen molar-refractivity contribution in [1.29, 1.82) is 0 Å². The van der Waals surface area contributed by atoms with Gasteiger partial charge in [-0.1, -0.05) is 0 Å². The molecule has 0 bridgehead atoms. The lowest BCUT2D eigenvalue weighted by Crippen LogP contribution is -2.49.